The van der Waals surface area contributed by atoms with Gasteiger partial charge >= 0.3 is 0 Å². The van der Waals surface area contributed by atoms with Crippen molar-refractivity contribution in [2.75, 3.05) is 0 Å². The van der Waals surface area contributed by atoms with Crippen molar-refractivity contribution in [1.82, 2.24) is 20.3 Å². The SMILES string of the molecule is O=C(NCc1ncc[nH]1)c1cc(F)cnc1Cl. The minimum Gasteiger partial charge on any atom is -0.347 e. The summed E-state index contributed by atoms with van der Waals surface area (Å²) in [6, 6.07) is 1.03. The van der Waals surface area contributed by atoms with E-state index in [1.54, 1.807) is 12.4 Å². The Morgan fingerprint density at radius 1 is 1.53 bits per heavy atom. The van der Waals surface area contributed by atoms with E-state index in [1.165, 1.54) is 0 Å². The van der Waals surface area contributed by atoms with Crippen LogP contribution in [0, 0.1) is 5.82 Å². The molecule has 0 spiro atoms. The fraction of sp³-hybridized carbons (Fsp3) is 0.100. The summed E-state index contributed by atoms with van der Waals surface area (Å²) in [6.07, 6.45) is 4.15. The lowest BCUT2D eigenvalue weighted by molar-refractivity contribution is 0.0949. The molecule has 0 atom stereocenters. The van der Waals surface area contributed by atoms with Gasteiger partial charge in [0, 0.05) is 12.4 Å². The van der Waals surface area contributed by atoms with Gasteiger partial charge in [0.2, 0.25) is 0 Å². The number of nitrogens with one attached hydrogen (secondary N) is 2. The highest BCUT2D eigenvalue weighted by atomic mass is 35.5. The number of pyridine rings is 1. The molecule has 0 saturated carbocycles. The minimum absolute atomic E-state index is 0.00165. The summed E-state index contributed by atoms with van der Waals surface area (Å²) < 4.78 is 12.9. The van der Waals surface area contributed by atoms with Crippen LogP contribution in [0.2, 0.25) is 5.15 Å². The number of H-pyrrole nitrogens is 1. The van der Waals surface area contributed by atoms with Crippen molar-refractivity contribution >= 4 is 17.5 Å². The molecular weight excluding hydrogens is 247 g/mol. The Balaban J connectivity index is 2.07. The molecular formula is C10H8ClFN4O. The van der Waals surface area contributed by atoms with E-state index in [1.807, 2.05) is 0 Å². The molecule has 0 aliphatic rings. The van der Waals surface area contributed by atoms with Crippen LogP contribution in [0.3, 0.4) is 0 Å². The van der Waals surface area contributed by atoms with Gasteiger partial charge in [0.15, 0.2) is 0 Å². The number of nitrogens with zero attached hydrogens (tertiary/aromatic N) is 2. The zero-order valence-electron chi connectivity index (χ0n) is 8.58. The standard InChI is InChI=1S/C10H8ClFN4O/c11-9-7(3-6(12)4-15-9)10(17)16-5-8-13-1-2-14-8/h1-4H,5H2,(H,13,14)(H,16,17). The van der Waals surface area contributed by atoms with Crippen molar-refractivity contribution in [2.45, 2.75) is 6.54 Å². The number of imidazole rings is 1. The summed E-state index contributed by atoms with van der Waals surface area (Å²) in [5.41, 5.74) is -0.00165. The molecule has 0 bridgehead atoms. The molecule has 5 nitrogen and oxygen atoms in total. The van der Waals surface area contributed by atoms with E-state index in [9.17, 15) is 9.18 Å². The first-order valence-electron chi connectivity index (χ1n) is 4.74. The normalized spacial score (nSPS) is 10.2. The molecule has 88 valence electrons. The first-order chi connectivity index (χ1) is 8.16. The lowest BCUT2D eigenvalue weighted by Crippen LogP contribution is -2.24. The Kier molecular flexibility index (Phi) is 3.34. The van der Waals surface area contributed by atoms with Gasteiger partial charge in [-0.25, -0.2) is 14.4 Å². The van der Waals surface area contributed by atoms with Crippen molar-refractivity contribution < 1.29 is 9.18 Å². The molecule has 2 N–H and O–H groups in total. The number of hydrogen-bond donors (Lipinski definition) is 2. The fourth-order valence-electron chi connectivity index (χ4n) is 1.24. The molecule has 0 aromatic carbocycles. The third-order valence-electron chi connectivity index (χ3n) is 2.02. The van der Waals surface area contributed by atoms with E-state index in [4.69, 9.17) is 11.6 Å². The quantitative estimate of drug-likeness (QED) is 0.816. The van der Waals surface area contributed by atoms with Crippen LogP contribution in [0.25, 0.3) is 0 Å². The minimum atomic E-state index is -0.613. The Labute approximate surface area is 101 Å². The number of rotatable bonds is 3. The first-order valence-corrected chi connectivity index (χ1v) is 5.12. The highest BCUT2D eigenvalue weighted by Gasteiger charge is 2.12. The summed E-state index contributed by atoms with van der Waals surface area (Å²) >= 11 is 5.69. The number of aromatic nitrogens is 3. The molecule has 7 heteroatoms. The summed E-state index contributed by atoms with van der Waals surface area (Å²) in [6.45, 7) is 0.207. The van der Waals surface area contributed by atoms with Gasteiger partial charge in [0.05, 0.1) is 18.3 Å². The summed E-state index contributed by atoms with van der Waals surface area (Å²) in [5.74, 6) is -0.519. The van der Waals surface area contributed by atoms with Crippen LogP contribution in [0.1, 0.15) is 16.2 Å². The summed E-state index contributed by atoms with van der Waals surface area (Å²) in [4.78, 5) is 22.0. The number of carbonyl (C=O) groups excluding carboxylic acids is 1. The Morgan fingerprint density at radius 3 is 3.06 bits per heavy atom. The van der Waals surface area contributed by atoms with Crippen LogP contribution in [0.4, 0.5) is 4.39 Å². The molecule has 0 fully saturated rings. The van der Waals surface area contributed by atoms with Gasteiger partial charge in [-0.2, -0.15) is 0 Å². The fourth-order valence-corrected chi connectivity index (χ4v) is 1.42. The molecule has 2 rings (SSSR count). The zero-order chi connectivity index (χ0) is 12.3. The maximum atomic E-state index is 12.9. The van der Waals surface area contributed by atoms with Crippen LogP contribution < -0.4 is 5.32 Å². The van der Waals surface area contributed by atoms with Crippen molar-refractivity contribution in [2.24, 2.45) is 0 Å². The lowest BCUT2D eigenvalue weighted by Gasteiger charge is -2.04. The Hall–Kier alpha value is -1.95. The average Bonchev–Trinajstić information content (AvgIpc) is 2.82. The summed E-state index contributed by atoms with van der Waals surface area (Å²) in [7, 11) is 0. The molecule has 0 radical (unpaired) electrons. The van der Waals surface area contributed by atoms with Gasteiger partial charge in [-0.1, -0.05) is 11.6 Å². The first kappa shape index (κ1) is 11.5. The molecule has 0 aliphatic heterocycles. The van der Waals surface area contributed by atoms with Crippen molar-refractivity contribution in [3.63, 3.8) is 0 Å². The zero-order valence-corrected chi connectivity index (χ0v) is 9.33. The predicted molar refractivity (Wildman–Crippen MR) is 59.0 cm³/mol. The molecule has 0 aliphatic carbocycles. The van der Waals surface area contributed by atoms with Gasteiger partial charge in [0.1, 0.15) is 16.8 Å². The number of amides is 1. The maximum Gasteiger partial charge on any atom is 0.254 e. The topological polar surface area (TPSA) is 70.7 Å². The molecule has 2 heterocycles. The molecule has 2 aromatic heterocycles. The van der Waals surface area contributed by atoms with Gasteiger partial charge in [-0.15, -0.1) is 0 Å². The number of aromatic amines is 1. The third kappa shape index (κ3) is 2.79. The summed E-state index contributed by atoms with van der Waals surface area (Å²) in [5, 5.41) is 2.51. The number of hydrogen-bond acceptors (Lipinski definition) is 3. The van der Waals surface area contributed by atoms with Gasteiger partial charge in [-0.05, 0) is 6.07 Å². The van der Waals surface area contributed by atoms with Gasteiger partial charge < -0.3 is 10.3 Å². The van der Waals surface area contributed by atoms with E-state index < -0.39 is 11.7 Å². The molecule has 0 unspecified atom stereocenters. The van der Waals surface area contributed by atoms with Crippen LogP contribution in [0.5, 0.6) is 0 Å². The van der Waals surface area contributed by atoms with Crippen molar-refractivity contribution in [1.29, 1.82) is 0 Å². The highest BCUT2D eigenvalue weighted by molar-refractivity contribution is 6.32. The lowest BCUT2D eigenvalue weighted by atomic mass is 10.2. The number of halogens is 2. The average molecular weight is 255 g/mol. The smallest absolute Gasteiger partial charge is 0.254 e. The van der Waals surface area contributed by atoms with Crippen LogP contribution in [-0.4, -0.2) is 20.9 Å². The Morgan fingerprint density at radius 2 is 2.35 bits per heavy atom. The maximum absolute atomic E-state index is 12.9. The molecule has 2 aromatic rings. The van der Waals surface area contributed by atoms with E-state index in [2.05, 4.69) is 20.3 Å². The number of carbonyl (C=O) groups is 1. The molecule has 17 heavy (non-hydrogen) atoms. The van der Waals surface area contributed by atoms with Gasteiger partial charge in [0.25, 0.3) is 5.91 Å². The molecule has 1 amide bonds. The van der Waals surface area contributed by atoms with Crippen molar-refractivity contribution in [3.05, 3.63) is 47.0 Å². The van der Waals surface area contributed by atoms with Crippen LogP contribution >= 0.6 is 11.6 Å². The van der Waals surface area contributed by atoms with E-state index in [-0.39, 0.29) is 17.3 Å². The van der Waals surface area contributed by atoms with Crippen molar-refractivity contribution in [3.8, 4) is 0 Å². The second-order valence-electron chi connectivity index (χ2n) is 3.21. The Bertz CT molecular complexity index is 529. The second-order valence-corrected chi connectivity index (χ2v) is 3.57. The van der Waals surface area contributed by atoms with E-state index in [0.29, 0.717) is 5.82 Å². The van der Waals surface area contributed by atoms with Gasteiger partial charge in [-0.3, -0.25) is 4.79 Å². The molecule has 0 saturated heterocycles. The largest absolute Gasteiger partial charge is 0.347 e. The van der Waals surface area contributed by atoms with Crippen LogP contribution in [0.15, 0.2) is 24.7 Å². The van der Waals surface area contributed by atoms with E-state index >= 15 is 0 Å². The third-order valence-corrected chi connectivity index (χ3v) is 2.32. The highest BCUT2D eigenvalue weighted by Crippen LogP contribution is 2.13. The van der Waals surface area contributed by atoms with E-state index in [0.717, 1.165) is 12.3 Å². The predicted octanol–water partition coefficient (Wildman–Crippen LogP) is 1.53. The van der Waals surface area contributed by atoms with Crippen LogP contribution in [-0.2, 0) is 6.54 Å². The second kappa shape index (κ2) is 4.92. The monoisotopic (exact) mass is 254 g/mol.